The Morgan fingerprint density at radius 1 is 1.05 bits per heavy atom. The maximum atomic E-state index is 13.7. The van der Waals surface area contributed by atoms with Crippen molar-refractivity contribution in [1.82, 2.24) is 9.78 Å². The standard InChI is InChI=1S/C16H14F2N2O/c1-9-13(17)5-11(6-14(9)18)10-4-12-8-20(2)19-16(12)15(7-10)21-3/h4-8H,1-3H3. The first-order chi connectivity index (χ1) is 9.99. The minimum Gasteiger partial charge on any atom is -0.494 e. The van der Waals surface area contributed by atoms with Crippen LogP contribution in [0.1, 0.15) is 5.56 Å². The van der Waals surface area contributed by atoms with Crippen LogP contribution in [0.3, 0.4) is 0 Å². The lowest BCUT2D eigenvalue weighted by atomic mass is 10.0. The molecule has 0 aliphatic carbocycles. The summed E-state index contributed by atoms with van der Waals surface area (Å²) in [5.41, 5.74) is 1.90. The van der Waals surface area contributed by atoms with E-state index in [1.54, 1.807) is 17.9 Å². The maximum Gasteiger partial charge on any atom is 0.147 e. The quantitative estimate of drug-likeness (QED) is 0.716. The average Bonchev–Trinajstić information content (AvgIpc) is 2.83. The molecule has 3 nitrogen and oxygen atoms in total. The zero-order valence-electron chi connectivity index (χ0n) is 11.9. The molecule has 0 aliphatic rings. The SMILES string of the molecule is COc1cc(-c2cc(F)c(C)c(F)c2)cc2cn(C)nc12. The molecule has 5 heteroatoms. The number of ether oxygens (including phenoxy) is 1. The van der Waals surface area contributed by atoms with Crippen LogP contribution in [0.4, 0.5) is 8.78 Å². The number of hydrogen-bond donors (Lipinski definition) is 0. The number of benzene rings is 2. The van der Waals surface area contributed by atoms with Crippen molar-refractivity contribution in [2.24, 2.45) is 7.05 Å². The topological polar surface area (TPSA) is 27.1 Å². The highest BCUT2D eigenvalue weighted by atomic mass is 19.1. The Hall–Kier alpha value is -2.43. The lowest BCUT2D eigenvalue weighted by molar-refractivity contribution is 0.418. The summed E-state index contributed by atoms with van der Waals surface area (Å²) in [7, 11) is 3.36. The molecule has 0 atom stereocenters. The van der Waals surface area contributed by atoms with Gasteiger partial charge >= 0.3 is 0 Å². The van der Waals surface area contributed by atoms with Crippen molar-refractivity contribution < 1.29 is 13.5 Å². The van der Waals surface area contributed by atoms with E-state index in [-0.39, 0.29) is 5.56 Å². The summed E-state index contributed by atoms with van der Waals surface area (Å²) in [5.74, 6) is -0.546. The van der Waals surface area contributed by atoms with Crippen molar-refractivity contribution in [2.75, 3.05) is 7.11 Å². The fourth-order valence-electron chi connectivity index (χ4n) is 2.36. The Morgan fingerprint density at radius 2 is 1.67 bits per heavy atom. The molecule has 1 aromatic heterocycles. The Kier molecular flexibility index (Phi) is 3.12. The Labute approximate surface area is 120 Å². The number of aryl methyl sites for hydroxylation is 1. The number of halogens is 2. The Balaban J connectivity index is 2.25. The second kappa shape index (κ2) is 4.84. The molecular weight excluding hydrogens is 274 g/mol. The molecule has 0 saturated carbocycles. The van der Waals surface area contributed by atoms with Crippen LogP contribution in [0.5, 0.6) is 5.75 Å². The molecule has 0 saturated heterocycles. The lowest BCUT2D eigenvalue weighted by Crippen LogP contribution is -1.92. The van der Waals surface area contributed by atoms with Crippen molar-refractivity contribution in [1.29, 1.82) is 0 Å². The van der Waals surface area contributed by atoms with E-state index >= 15 is 0 Å². The van der Waals surface area contributed by atoms with Gasteiger partial charge in [0.05, 0.1) is 7.11 Å². The molecule has 0 N–H and O–H groups in total. The van der Waals surface area contributed by atoms with E-state index in [0.29, 0.717) is 16.9 Å². The van der Waals surface area contributed by atoms with E-state index < -0.39 is 11.6 Å². The predicted octanol–water partition coefficient (Wildman–Crippen LogP) is 3.84. The molecule has 3 aromatic rings. The molecule has 0 unspecified atom stereocenters. The number of methoxy groups -OCH3 is 1. The molecule has 2 aromatic carbocycles. The van der Waals surface area contributed by atoms with Gasteiger partial charge in [-0.2, -0.15) is 5.10 Å². The summed E-state index contributed by atoms with van der Waals surface area (Å²) in [6.45, 7) is 1.42. The van der Waals surface area contributed by atoms with Gasteiger partial charge in [0.25, 0.3) is 0 Å². The molecule has 0 amide bonds. The normalized spacial score (nSPS) is 11.1. The van der Waals surface area contributed by atoms with Crippen LogP contribution >= 0.6 is 0 Å². The molecular formula is C16H14F2N2O. The van der Waals surface area contributed by atoms with Gasteiger partial charge < -0.3 is 4.74 Å². The van der Waals surface area contributed by atoms with Gasteiger partial charge in [0.1, 0.15) is 22.9 Å². The highest BCUT2D eigenvalue weighted by molar-refractivity contribution is 5.89. The third-order valence-corrected chi connectivity index (χ3v) is 3.52. The minimum atomic E-state index is -0.560. The summed E-state index contributed by atoms with van der Waals surface area (Å²) in [4.78, 5) is 0. The Bertz CT molecular complexity index is 817. The average molecular weight is 288 g/mol. The van der Waals surface area contributed by atoms with Crippen LogP contribution in [0.15, 0.2) is 30.5 Å². The van der Waals surface area contributed by atoms with Crippen molar-refractivity contribution in [3.05, 3.63) is 47.7 Å². The smallest absolute Gasteiger partial charge is 0.147 e. The van der Waals surface area contributed by atoms with E-state index in [2.05, 4.69) is 5.10 Å². The molecule has 0 spiro atoms. The molecule has 3 rings (SSSR count). The monoisotopic (exact) mass is 288 g/mol. The van der Waals surface area contributed by atoms with Gasteiger partial charge in [-0.15, -0.1) is 0 Å². The van der Waals surface area contributed by atoms with Gasteiger partial charge in [-0.25, -0.2) is 8.78 Å². The lowest BCUT2D eigenvalue weighted by Gasteiger charge is -2.08. The van der Waals surface area contributed by atoms with E-state index in [9.17, 15) is 8.78 Å². The summed E-state index contributed by atoms with van der Waals surface area (Å²) >= 11 is 0. The molecule has 21 heavy (non-hydrogen) atoms. The van der Waals surface area contributed by atoms with Crippen molar-refractivity contribution in [3.63, 3.8) is 0 Å². The second-order valence-electron chi connectivity index (χ2n) is 4.98. The zero-order valence-corrected chi connectivity index (χ0v) is 11.9. The van der Waals surface area contributed by atoms with E-state index in [1.807, 2.05) is 19.3 Å². The summed E-state index contributed by atoms with van der Waals surface area (Å²) in [5, 5.41) is 5.17. The molecule has 0 fully saturated rings. The first kappa shape index (κ1) is 13.5. The highest BCUT2D eigenvalue weighted by Gasteiger charge is 2.12. The van der Waals surface area contributed by atoms with Gasteiger partial charge in [-0.3, -0.25) is 4.68 Å². The first-order valence-corrected chi connectivity index (χ1v) is 6.47. The van der Waals surface area contributed by atoms with Crippen LogP contribution in [0.25, 0.3) is 22.0 Å². The van der Waals surface area contributed by atoms with E-state index in [0.717, 1.165) is 10.9 Å². The van der Waals surface area contributed by atoms with Crippen LogP contribution in [0, 0.1) is 18.6 Å². The molecule has 1 heterocycles. The number of hydrogen-bond acceptors (Lipinski definition) is 2. The van der Waals surface area contributed by atoms with E-state index in [1.165, 1.54) is 19.1 Å². The molecule has 0 bridgehead atoms. The predicted molar refractivity (Wildman–Crippen MR) is 77.4 cm³/mol. The summed E-state index contributed by atoms with van der Waals surface area (Å²) < 4.78 is 34.5. The number of nitrogens with zero attached hydrogens (tertiary/aromatic N) is 2. The summed E-state index contributed by atoms with van der Waals surface area (Å²) in [6.07, 6.45) is 1.84. The van der Waals surface area contributed by atoms with Crippen molar-refractivity contribution >= 4 is 10.9 Å². The van der Waals surface area contributed by atoms with Crippen LogP contribution in [0.2, 0.25) is 0 Å². The zero-order chi connectivity index (χ0) is 15.1. The van der Waals surface area contributed by atoms with Gasteiger partial charge in [0.2, 0.25) is 0 Å². The van der Waals surface area contributed by atoms with Crippen LogP contribution in [-0.2, 0) is 7.05 Å². The van der Waals surface area contributed by atoms with Crippen LogP contribution in [-0.4, -0.2) is 16.9 Å². The van der Waals surface area contributed by atoms with Crippen LogP contribution < -0.4 is 4.74 Å². The molecule has 0 aliphatic heterocycles. The third kappa shape index (κ3) is 2.24. The first-order valence-electron chi connectivity index (χ1n) is 6.47. The second-order valence-corrected chi connectivity index (χ2v) is 4.98. The van der Waals surface area contributed by atoms with E-state index in [4.69, 9.17) is 4.74 Å². The van der Waals surface area contributed by atoms with Gasteiger partial charge in [-0.1, -0.05) is 0 Å². The third-order valence-electron chi connectivity index (χ3n) is 3.52. The summed E-state index contributed by atoms with van der Waals surface area (Å²) in [6, 6.07) is 6.23. The van der Waals surface area contributed by atoms with Crippen molar-refractivity contribution in [2.45, 2.75) is 6.92 Å². The molecule has 0 radical (unpaired) electrons. The Morgan fingerprint density at radius 3 is 2.29 bits per heavy atom. The number of rotatable bonds is 2. The largest absolute Gasteiger partial charge is 0.494 e. The van der Waals surface area contributed by atoms with Gasteiger partial charge in [0.15, 0.2) is 0 Å². The number of aromatic nitrogens is 2. The highest BCUT2D eigenvalue weighted by Crippen LogP contribution is 2.32. The fourth-order valence-corrected chi connectivity index (χ4v) is 2.36. The maximum absolute atomic E-state index is 13.7. The molecule has 108 valence electrons. The number of fused-ring (bicyclic) bond motifs is 1. The van der Waals surface area contributed by atoms with Gasteiger partial charge in [0, 0.05) is 24.2 Å². The van der Waals surface area contributed by atoms with Crippen molar-refractivity contribution in [3.8, 4) is 16.9 Å². The minimum absolute atomic E-state index is 0.0215. The fraction of sp³-hybridized carbons (Fsp3) is 0.188. The van der Waals surface area contributed by atoms with Gasteiger partial charge in [-0.05, 0) is 42.3 Å².